The van der Waals surface area contributed by atoms with Crippen LogP contribution in [0.25, 0.3) is 0 Å². The van der Waals surface area contributed by atoms with E-state index in [4.69, 9.17) is 18.3 Å². The van der Waals surface area contributed by atoms with Crippen molar-refractivity contribution in [2.24, 2.45) is 0 Å². The first-order chi connectivity index (χ1) is 8.05. The molecule has 0 radical (unpaired) electrons. The van der Waals surface area contributed by atoms with Crippen molar-refractivity contribution in [1.82, 2.24) is 0 Å². The molecule has 0 amide bonds. The summed E-state index contributed by atoms with van der Waals surface area (Å²) in [5.41, 5.74) is -0.433. The Hall–Kier alpha value is -0.995. The fraction of sp³-hybridized carbons (Fsp3) is 0.250. The summed E-state index contributed by atoms with van der Waals surface area (Å²) in [5.74, 6) is 0. The lowest BCUT2D eigenvalue weighted by molar-refractivity contribution is 0.426. The van der Waals surface area contributed by atoms with Crippen molar-refractivity contribution in [1.29, 1.82) is 0 Å². The molecule has 1 aromatic rings. The lowest BCUT2D eigenvalue weighted by atomic mass is 9.79. The average Bonchev–Trinajstić information content (AvgIpc) is 2.13. The third kappa shape index (κ3) is 1.78. The molecule has 1 aromatic carbocycles. The highest BCUT2D eigenvalue weighted by Crippen LogP contribution is 2.06. The molecule has 2 N–H and O–H groups in total. The second kappa shape index (κ2) is 3.60. The SMILES string of the molecule is [2H]C([2H])([2H])N(c1ccccc1B(O)O)C([2H])([2H])[2H]. The fourth-order valence-electron chi connectivity index (χ4n) is 0.910. The topological polar surface area (TPSA) is 43.7 Å². The second-order valence-corrected chi connectivity index (χ2v) is 2.27. The fourth-order valence-corrected chi connectivity index (χ4v) is 0.910. The van der Waals surface area contributed by atoms with E-state index >= 15 is 0 Å². The maximum atomic E-state index is 9.15. The van der Waals surface area contributed by atoms with Crippen LogP contribution in [0.5, 0.6) is 0 Å². The number of rotatable bonds is 2. The van der Waals surface area contributed by atoms with Crippen LogP contribution in [0.4, 0.5) is 5.69 Å². The molecule has 0 fully saturated rings. The zero-order valence-electron chi connectivity index (χ0n) is 12.2. The van der Waals surface area contributed by atoms with Crippen molar-refractivity contribution >= 4 is 18.3 Å². The van der Waals surface area contributed by atoms with Gasteiger partial charge in [0.15, 0.2) is 0 Å². The van der Waals surface area contributed by atoms with Crippen LogP contribution < -0.4 is 10.4 Å². The van der Waals surface area contributed by atoms with Crippen molar-refractivity contribution in [3.63, 3.8) is 0 Å². The van der Waals surface area contributed by atoms with E-state index in [1.165, 1.54) is 24.3 Å². The van der Waals surface area contributed by atoms with Gasteiger partial charge in [-0.25, -0.2) is 0 Å². The van der Waals surface area contributed by atoms with Crippen LogP contribution in [0.3, 0.4) is 0 Å². The molecule has 0 unspecified atom stereocenters. The molecule has 3 nitrogen and oxygen atoms in total. The molecular formula is C8H12BNO2. The van der Waals surface area contributed by atoms with Gasteiger partial charge >= 0.3 is 7.12 Å². The molecule has 1 rings (SSSR count). The van der Waals surface area contributed by atoms with E-state index in [1.807, 2.05) is 0 Å². The highest BCUT2D eigenvalue weighted by molar-refractivity contribution is 6.60. The molecule has 0 bridgehead atoms. The number of hydrogen-bond acceptors (Lipinski definition) is 3. The van der Waals surface area contributed by atoms with Crippen LogP contribution in [0, 0.1) is 0 Å². The lowest BCUT2D eigenvalue weighted by Gasteiger charge is -2.16. The Morgan fingerprint density at radius 1 is 1.33 bits per heavy atom. The quantitative estimate of drug-likeness (QED) is 0.586. The van der Waals surface area contributed by atoms with Crippen molar-refractivity contribution < 1.29 is 18.3 Å². The smallest absolute Gasteiger partial charge is 0.423 e. The van der Waals surface area contributed by atoms with Crippen LogP contribution in [0.2, 0.25) is 0 Å². The Kier molecular flexibility index (Phi) is 1.14. The van der Waals surface area contributed by atoms with E-state index in [-0.39, 0.29) is 16.1 Å². The van der Waals surface area contributed by atoms with Gasteiger partial charge in [-0.2, -0.15) is 0 Å². The third-order valence-electron chi connectivity index (χ3n) is 1.46. The number of para-hydroxylation sites is 1. The first kappa shape index (κ1) is 3.81. The van der Waals surface area contributed by atoms with E-state index in [0.717, 1.165) is 0 Å². The minimum atomic E-state index is -2.92. The zero-order chi connectivity index (χ0) is 14.1. The summed E-state index contributed by atoms with van der Waals surface area (Å²) in [4.78, 5) is 0.217. The highest BCUT2D eigenvalue weighted by Gasteiger charge is 2.15. The molecular weight excluding hydrogens is 153 g/mol. The van der Waals surface area contributed by atoms with Crippen LogP contribution in [-0.2, 0) is 0 Å². The normalized spacial score (nSPS) is 19.2. The van der Waals surface area contributed by atoms with Gasteiger partial charge in [0.25, 0.3) is 0 Å². The van der Waals surface area contributed by atoms with Gasteiger partial charge in [0, 0.05) is 33.3 Å². The molecule has 0 spiro atoms. The lowest BCUT2D eigenvalue weighted by Crippen LogP contribution is -2.34. The molecule has 4 heteroatoms. The molecule has 0 aliphatic rings. The number of hydrogen-bond donors (Lipinski definition) is 2. The zero-order valence-corrected chi connectivity index (χ0v) is 6.23. The number of nitrogens with zero attached hydrogens (tertiary/aromatic N) is 1. The Morgan fingerprint density at radius 2 is 2.00 bits per heavy atom. The molecule has 0 heterocycles. The van der Waals surface area contributed by atoms with Gasteiger partial charge in [0.2, 0.25) is 0 Å². The molecule has 0 aromatic heterocycles. The minimum absolute atomic E-state index is 0.176. The molecule has 0 saturated carbocycles. The second-order valence-electron chi connectivity index (χ2n) is 2.27. The number of anilines is 1. The molecule has 0 aliphatic heterocycles. The van der Waals surface area contributed by atoms with Crippen LogP contribution in [0.1, 0.15) is 8.22 Å². The van der Waals surface area contributed by atoms with Gasteiger partial charge in [0.05, 0.1) is 0 Å². The summed E-state index contributed by atoms with van der Waals surface area (Å²) < 4.78 is 43.5. The Bertz CT molecular complexity index is 405. The average molecular weight is 171 g/mol. The van der Waals surface area contributed by atoms with Crippen LogP contribution in [-0.4, -0.2) is 31.1 Å². The summed E-state index contributed by atoms with van der Waals surface area (Å²) in [5, 5.41) is 18.3. The first-order valence-corrected chi connectivity index (χ1v) is 3.30. The van der Waals surface area contributed by atoms with E-state index < -0.39 is 21.1 Å². The number of benzene rings is 1. The van der Waals surface area contributed by atoms with Gasteiger partial charge < -0.3 is 14.9 Å². The summed E-state index contributed by atoms with van der Waals surface area (Å²) in [6.45, 7) is -5.84. The largest absolute Gasteiger partial charge is 0.490 e. The molecule has 12 heavy (non-hydrogen) atoms. The summed E-state index contributed by atoms with van der Waals surface area (Å²) in [7, 11) is -1.95. The molecule has 0 atom stereocenters. The van der Waals surface area contributed by atoms with E-state index in [1.54, 1.807) is 0 Å². The van der Waals surface area contributed by atoms with Crippen molar-refractivity contribution in [2.75, 3.05) is 18.9 Å². The molecule has 0 saturated heterocycles. The van der Waals surface area contributed by atoms with Gasteiger partial charge in [0.1, 0.15) is 0 Å². The first-order valence-electron chi connectivity index (χ1n) is 6.30. The summed E-state index contributed by atoms with van der Waals surface area (Å²) in [6.07, 6.45) is 0. The van der Waals surface area contributed by atoms with Gasteiger partial charge in [-0.1, -0.05) is 18.2 Å². The van der Waals surface area contributed by atoms with E-state index in [9.17, 15) is 0 Å². The van der Waals surface area contributed by atoms with Crippen LogP contribution in [0.15, 0.2) is 24.3 Å². The van der Waals surface area contributed by atoms with Gasteiger partial charge in [-0.15, -0.1) is 0 Å². The van der Waals surface area contributed by atoms with Gasteiger partial charge in [-0.3, -0.25) is 0 Å². The van der Waals surface area contributed by atoms with Gasteiger partial charge in [-0.05, 0) is 6.07 Å². The summed E-state index contributed by atoms with van der Waals surface area (Å²) >= 11 is 0. The van der Waals surface area contributed by atoms with Crippen LogP contribution >= 0.6 is 0 Å². The maximum absolute atomic E-state index is 9.15. The maximum Gasteiger partial charge on any atom is 0.490 e. The Morgan fingerprint density at radius 3 is 2.58 bits per heavy atom. The van der Waals surface area contributed by atoms with Crippen molar-refractivity contribution in [2.45, 2.75) is 0 Å². The Labute approximate surface area is 80.8 Å². The molecule has 64 valence electrons. The Balaban J connectivity index is 3.40. The van der Waals surface area contributed by atoms with Crippen molar-refractivity contribution in [3.8, 4) is 0 Å². The highest BCUT2D eigenvalue weighted by atomic mass is 16.4. The predicted molar refractivity (Wildman–Crippen MR) is 50.6 cm³/mol. The van der Waals surface area contributed by atoms with E-state index in [2.05, 4.69) is 0 Å². The standard InChI is InChI=1S/C8H12BNO2/c1-10(2)8-6-4-3-5-7(8)9(11)12/h3-6,11-12H,1-2H3/i1D3,2D3. The van der Waals surface area contributed by atoms with Crippen molar-refractivity contribution in [3.05, 3.63) is 24.3 Å². The van der Waals surface area contributed by atoms with E-state index in [0.29, 0.717) is 0 Å². The summed E-state index contributed by atoms with van der Waals surface area (Å²) in [6, 6.07) is 5.35. The predicted octanol–water partition coefficient (Wildman–Crippen LogP) is -0.568. The third-order valence-corrected chi connectivity index (χ3v) is 1.46. The molecule has 0 aliphatic carbocycles. The monoisotopic (exact) mass is 171 g/mol. The minimum Gasteiger partial charge on any atom is -0.423 e.